The summed E-state index contributed by atoms with van der Waals surface area (Å²) >= 11 is 6.01. The first-order valence-corrected chi connectivity index (χ1v) is 9.27. The summed E-state index contributed by atoms with van der Waals surface area (Å²) in [5, 5.41) is 0.481. The molecule has 25 heavy (non-hydrogen) atoms. The first kappa shape index (κ1) is 19.1. The van der Waals surface area contributed by atoms with E-state index in [-0.39, 0.29) is 23.9 Å². The quantitative estimate of drug-likeness (QED) is 0.741. The van der Waals surface area contributed by atoms with Gasteiger partial charge in [0.2, 0.25) is 0 Å². The molecule has 134 valence electrons. The molecule has 0 aliphatic rings. The SMILES string of the molecule is COC(=O)CCOc1ccc(S(=O)(=O)Nc2cccc(Cl)c2C)cc1. The average molecular weight is 384 g/mol. The third-order valence-electron chi connectivity index (χ3n) is 3.45. The van der Waals surface area contributed by atoms with E-state index in [9.17, 15) is 13.2 Å². The van der Waals surface area contributed by atoms with E-state index in [2.05, 4.69) is 9.46 Å². The summed E-state index contributed by atoms with van der Waals surface area (Å²) in [5.41, 5.74) is 1.07. The van der Waals surface area contributed by atoms with E-state index < -0.39 is 10.0 Å². The second kappa shape index (κ2) is 8.22. The Kier molecular flexibility index (Phi) is 6.27. The highest BCUT2D eigenvalue weighted by Gasteiger charge is 2.16. The van der Waals surface area contributed by atoms with Crippen molar-refractivity contribution in [2.24, 2.45) is 0 Å². The van der Waals surface area contributed by atoms with Crippen LogP contribution in [0.25, 0.3) is 0 Å². The number of hydrogen-bond donors (Lipinski definition) is 1. The van der Waals surface area contributed by atoms with Crippen LogP contribution in [-0.4, -0.2) is 28.1 Å². The Morgan fingerprint density at radius 2 is 1.84 bits per heavy atom. The smallest absolute Gasteiger partial charge is 0.308 e. The molecule has 0 aromatic heterocycles. The van der Waals surface area contributed by atoms with E-state index in [0.29, 0.717) is 22.0 Å². The van der Waals surface area contributed by atoms with Crippen molar-refractivity contribution in [3.05, 3.63) is 53.1 Å². The number of methoxy groups -OCH3 is 1. The zero-order chi connectivity index (χ0) is 18.4. The fourth-order valence-corrected chi connectivity index (χ4v) is 3.29. The molecule has 1 N–H and O–H groups in total. The van der Waals surface area contributed by atoms with Crippen molar-refractivity contribution in [2.45, 2.75) is 18.2 Å². The fraction of sp³-hybridized carbons (Fsp3) is 0.235. The highest BCUT2D eigenvalue weighted by Crippen LogP contribution is 2.26. The van der Waals surface area contributed by atoms with Crippen LogP contribution in [0.5, 0.6) is 5.75 Å². The Morgan fingerprint density at radius 3 is 2.48 bits per heavy atom. The Balaban J connectivity index is 2.07. The fourth-order valence-electron chi connectivity index (χ4n) is 1.99. The molecule has 0 radical (unpaired) electrons. The Labute approximate surface area is 151 Å². The van der Waals surface area contributed by atoms with Gasteiger partial charge >= 0.3 is 5.97 Å². The number of ether oxygens (including phenoxy) is 2. The minimum atomic E-state index is -3.75. The summed E-state index contributed by atoms with van der Waals surface area (Å²) in [4.78, 5) is 11.1. The van der Waals surface area contributed by atoms with Gasteiger partial charge in [-0.05, 0) is 48.9 Å². The van der Waals surface area contributed by atoms with E-state index in [4.69, 9.17) is 16.3 Å². The van der Waals surface area contributed by atoms with Crippen LogP contribution in [0, 0.1) is 6.92 Å². The van der Waals surface area contributed by atoms with E-state index in [1.807, 2.05) is 0 Å². The number of nitrogens with one attached hydrogen (secondary N) is 1. The summed E-state index contributed by atoms with van der Waals surface area (Å²) in [6.07, 6.45) is 0.117. The van der Waals surface area contributed by atoms with Crippen molar-refractivity contribution in [1.29, 1.82) is 0 Å². The van der Waals surface area contributed by atoms with Gasteiger partial charge in [0, 0.05) is 5.02 Å². The molecular weight excluding hydrogens is 366 g/mol. The lowest BCUT2D eigenvalue weighted by Crippen LogP contribution is -2.14. The second-order valence-corrected chi connectivity index (χ2v) is 7.25. The molecule has 0 aliphatic heterocycles. The zero-order valence-electron chi connectivity index (χ0n) is 13.8. The number of carbonyl (C=O) groups is 1. The molecule has 0 atom stereocenters. The predicted molar refractivity (Wildman–Crippen MR) is 95.6 cm³/mol. The van der Waals surface area contributed by atoms with Crippen LogP contribution >= 0.6 is 11.6 Å². The molecule has 0 aliphatic carbocycles. The van der Waals surface area contributed by atoms with E-state index in [0.717, 1.165) is 0 Å². The van der Waals surface area contributed by atoms with Gasteiger partial charge in [0.05, 0.1) is 30.7 Å². The van der Waals surface area contributed by atoms with Crippen LogP contribution in [0.4, 0.5) is 5.69 Å². The topological polar surface area (TPSA) is 81.7 Å². The van der Waals surface area contributed by atoms with Gasteiger partial charge in [-0.2, -0.15) is 0 Å². The number of sulfonamides is 1. The molecule has 6 nitrogen and oxygen atoms in total. The second-order valence-electron chi connectivity index (χ2n) is 5.16. The van der Waals surface area contributed by atoms with Gasteiger partial charge in [-0.3, -0.25) is 9.52 Å². The summed E-state index contributed by atoms with van der Waals surface area (Å²) in [5.74, 6) is 0.0853. The van der Waals surface area contributed by atoms with Crippen molar-refractivity contribution < 1.29 is 22.7 Å². The monoisotopic (exact) mass is 383 g/mol. The molecule has 0 heterocycles. The standard InChI is InChI=1S/C17H18ClNO5S/c1-12-15(18)4-3-5-16(12)19-25(21,22)14-8-6-13(7-9-14)24-11-10-17(20)23-2/h3-9,19H,10-11H2,1-2H3. The van der Waals surface area contributed by atoms with Gasteiger partial charge in [-0.25, -0.2) is 8.42 Å². The summed E-state index contributed by atoms with van der Waals surface area (Å²) < 4.78 is 37.3. The molecule has 0 spiro atoms. The predicted octanol–water partition coefficient (Wildman–Crippen LogP) is 3.39. The van der Waals surface area contributed by atoms with Crippen molar-refractivity contribution in [1.82, 2.24) is 0 Å². The molecule has 0 saturated heterocycles. The van der Waals surface area contributed by atoms with Crippen LogP contribution in [0.1, 0.15) is 12.0 Å². The zero-order valence-corrected chi connectivity index (χ0v) is 15.4. The van der Waals surface area contributed by atoms with Crippen LogP contribution in [-0.2, 0) is 19.6 Å². The van der Waals surface area contributed by atoms with Crippen LogP contribution in [0.3, 0.4) is 0 Å². The molecule has 0 saturated carbocycles. The van der Waals surface area contributed by atoms with Gasteiger partial charge in [0.25, 0.3) is 10.0 Å². The van der Waals surface area contributed by atoms with E-state index in [1.54, 1.807) is 25.1 Å². The first-order valence-electron chi connectivity index (χ1n) is 7.41. The van der Waals surface area contributed by atoms with Gasteiger partial charge in [-0.15, -0.1) is 0 Å². The normalized spacial score (nSPS) is 11.0. The average Bonchev–Trinajstić information content (AvgIpc) is 2.59. The summed E-state index contributed by atoms with van der Waals surface area (Å²) in [6.45, 7) is 1.89. The Morgan fingerprint density at radius 1 is 1.16 bits per heavy atom. The third kappa shape index (κ3) is 5.11. The number of benzene rings is 2. The molecule has 0 unspecified atom stereocenters. The number of halogens is 1. The maximum atomic E-state index is 12.5. The summed E-state index contributed by atoms with van der Waals surface area (Å²) in [7, 11) is -2.44. The van der Waals surface area contributed by atoms with Gasteiger partial charge in [0.1, 0.15) is 5.75 Å². The lowest BCUT2D eigenvalue weighted by molar-refractivity contribution is -0.141. The number of rotatable bonds is 7. The van der Waals surface area contributed by atoms with Gasteiger partial charge in [0.15, 0.2) is 0 Å². The number of carbonyl (C=O) groups excluding carboxylic acids is 1. The van der Waals surface area contributed by atoms with Crippen molar-refractivity contribution in [3.63, 3.8) is 0 Å². The molecule has 0 bridgehead atoms. The maximum Gasteiger partial charge on any atom is 0.308 e. The first-order chi connectivity index (χ1) is 11.8. The minimum Gasteiger partial charge on any atom is -0.493 e. The maximum absolute atomic E-state index is 12.5. The largest absolute Gasteiger partial charge is 0.493 e. The third-order valence-corrected chi connectivity index (χ3v) is 5.24. The molecule has 8 heteroatoms. The van der Waals surface area contributed by atoms with Gasteiger partial charge < -0.3 is 9.47 Å². The molecular formula is C17H18ClNO5S. The molecule has 0 amide bonds. The lowest BCUT2D eigenvalue weighted by atomic mass is 10.2. The molecule has 0 fully saturated rings. The highest BCUT2D eigenvalue weighted by molar-refractivity contribution is 7.92. The van der Waals surface area contributed by atoms with Crippen LogP contribution < -0.4 is 9.46 Å². The van der Waals surface area contributed by atoms with Gasteiger partial charge in [-0.1, -0.05) is 17.7 Å². The van der Waals surface area contributed by atoms with Crippen molar-refractivity contribution in [2.75, 3.05) is 18.4 Å². The molecule has 2 aromatic rings. The number of anilines is 1. The molecule has 2 aromatic carbocycles. The number of hydrogen-bond acceptors (Lipinski definition) is 5. The lowest BCUT2D eigenvalue weighted by Gasteiger charge is -2.12. The van der Waals surface area contributed by atoms with E-state index >= 15 is 0 Å². The number of esters is 1. The highest BCUT2D eigenvalue weighted by atomic mass is 35.5. The Hall–Kier alpha value is -2.25. The molecule has 2 rings (SSSR count). The summed E-state index contributed by atoms with van der Waals surface area (Å²) in [6, 6.07) is 10.9. The van der Waals surface area contributed by atoms with E-state index in [1.165, 1.54) is 31.4 Å². The van der Waals surface area contributed by atoms with Crippen LogP contribution in [0.2, 0.25) is 5.02 Å². The minimum absolute atomic E-state index is 0.0900. The Bertz CT molecular complexity index is 850. The van der Waals surface area contributed by atoms with Crippen molar-refractivity contribution in [3.8, 4) is 5.75 Å². The van der Waals surface area contributed by atoms with Crippen molar-refractivity contribution >= 4 is 33.3 Å². The van der Waals surface area contributed by atoms with Crippen LogP contribution in [0.15, 0.2) is 47.4 Å².